The minimum atomic E-state index is 0.407. The largest absolute Gasteiger partial charge is 0.397 e. The molecule has 88 valence electrons. The van der Waals surface area contributed by atoms with E-state index in [0.717, 1.165) is 41.8 Å². The highest BCUT2D eigenvalue weighted by Gasteiger charge is 2.20. The van der Waals surface area contributed by atoms with Crippen molar-refractivity contribution in [2.24, 2.45) is 0 Å². The third-order valence-electron chi connectivity index (χ3n) is 3.11. The molecule has 2 rings (SSSR count). The lowest BCUT2D eigenvalue weighted by molar-refractivity contribution is 0.0819. The fourth-order valence-electron chi connectivity index (χ4n) is 2.12. The van der Waals surface area contributed by atoms with Crippen LogP contribution in [0.1, 0.15) is 12.8 Å². The summed E-state index contributed by atoms with van der Waals surface area (Å²) in [6, 6.07) is 6.00. The molecule has 0 atom stereocenters. The van der Waals surface area contributed by atoms with Crippen LogP contribution in [0.5, 0.6) is 0 Å². The van der Waals surface area contributed by atoms with Gasteiger partial charge in [-0.2, -0.15) is 0 Å². The number of nitrogens with zero attached hydrogens (tertiary/aromatic N) is 1. The van der Waals surface area contributed by atoms with Crippen molar-refractivity contribution in [2.45, 2.75) is 18.9 Å². The number of anilines is 2. The van der Waals surface area contributed by atoms with E-state index in [1.54, 1.807) is 7.11 Å². The summed E-state index contributed by atoms with van der Waals surface area (Å²) in [5.41, 5.74) is 7.97. The zero-order chi connectivity index (χ0) is 11.5. The molecule has 1 aromatic carbocycles. The van der Waals surface area contributed by atoms with Crippen LogP contribution >= 0.6 is 15.9 Å². The number of nitrogen functional groups attached to an aromatic ring is 1. The van der Waals surface area contributed by atoms with Crippen molar-refractivity contribution in [3.63, 3.8) is 0 Å². The van der Waals surface area contributed by atoms with Gasteiger partial charge in [-0.3, -0.25) is 0 Å². The van der Waals surface area contributed by atoms with Crippen LogP contribution in [-0.4, -0.2) is 26.3 Å². The van der Waals surface area contributed by atoms with Crippen molar-refractivity contribution in [3.05, 3.63) is 22.7 Å². The third-order valence-corrected chi connectivity index (χ3v) is 3.60. The van der Waals surface area contributed by atoms with Crippen LogP contribution < -0.4 is 10.6 Å². The van der Waals surface area contributed by atoms with Gasteiger partial charge in [0.25, 0.3) is 0 Å². The normalized spacial score (nSPS) is 17.8. The average Bonchev–Trinajstić information content (AvgIpc) is 2.32. The molecule has 1 heterocycles. The van der Waals surface area contributed by atoms with Gasteiger partial charge in [0.1, 0.15) is 0 Å². The Kier molecular flexibility index (Phi) is 3.71. The minimum absolute atomic E-state index is 0.407. The van der Waals surface area contributed by atoms with Crippen LogP contribution in [0.15, 0.2) is 22.7 Å². The van der Waals surface area contributed by atoms with Crippen LogP contribution in [0.25, 0.3) is 0 Å². The lowest BCUT2D eigenvalue weighted by Gasteiger charge is -2.33. The Balaban J connectivity index is 2.10. The number of nitrogens with two attached hydrogens (primary N) is 1. The van der Waals surface area contributed by atoms with Crippen LogP contribution in [-0.2, 0) is 4.74 Å². The molecule has 4 heteroatoms. The summed E-state index contributed by atoms with van der Waals surface area (Å²) in [4.78, 5) is 2.33. The number of rotatable bonds is 2. The Hall–Kier alpha value is -0.740. The van der Waals surface area contributed by atoms with E-state index in [1.165, 1.54) is 0 Å². The van der Waals surface area contributed by atoms with Gasteiger partial charge in [0, 0.05) is 24.7 Å². The number of ether oxygens (including phenoxy) is 1. The minimum Gasteiger partial charge on any atom is -0.397 e. The van der Waals surface area contributed by atoms with Crippen LogP contribution in [0.3, 0.4) is 0 Å². The number of benzene rings is 1. The first-order valence-corrected chi connectivity index (χ1v) is 6.33. The second kappa shape index (κ2) is 5.06. The highest BCUT2D eigenvalue weighted by molar-refractivity contribution is 9.10. The molecule has 1 fully saturated rings. The molecule has 3 nitrogen and oxygen atoms in total. The second-order valence-electron chi connectivity index (χ2n) is 4.13. The van der Waals surface area contributed by atoms with E-state index in [0.29, 0.717) is 6.10 Å². The highest BCUT2D eigenvalue weighted by Crippen LogP contribution is 2.29. The van der Waals surface area contributed by atoms with Gasteiger partial charge in [-0.05, 0) is 31.0 Å². The van der Waals surface area contributed by atoms with Gasteiger partial charge in [0.05, 0.1) is 17.5 Å². The molecule has 1 aliphatic heterocycles. The number of methoxy groups -OCH3 is 1. The van der Waals surface area contributed by atoms with Gasteiger partial charge < -0.3 is 15.4 Å². The Labute approximate surface area is 105 Å². The van der Waals surface area contributed by atoms with Crippen molar-refractivity contribution >= 4 is 27.3 Å². The molecular formula is C12H17BrN2O. The summed E-state index contributed by atoms with van der Waals surface area (Å²) in [5, 5.41) is 0. The first-order valence-electron chi connectivity index (χ1n) is 5.53. The SMILES string of the molecule is COC1CCN(c2cc(Br)ccc2N)CC1. The maximum Gasteiger partial charge on any atom is 0.0611 e. The van der Waals surface area contributed by atoms with Crippen LogP contribution in [0, 0.1) is 0 Å². The van der Waals surface area contributed by atoms with Crippen molar-refractivity contribution in [1.29, 1.82) is 0 Å². The molecule has 0 aromatic heterocycles. The van der Waals surface area contributed by atoms with Crippen molar-refractivity contribution < 1.29 is 4.74 Å². The number of hydrogen-bond donors (Lipinski definition) is 1. The third kappa shape index (κ3) is 2.50. The summed E-state index contributed by atoms with van der Waals surface area (Å²) >= 11 is 3.48. The van der Waals surface area contributed by atoms with Gasteiger partial charge in [0.15, 0.2) is 0 Å². The van der Waals surface area contributed by atoms with E-state index >= 15 is 0 Å². The average molecular weight is 285 g/mol. The standard InChI is InChI=1S/C12H17BrN2O/c1-16-10-4-6-15(7-5-10)12-8-9(13)2-3-11(12)14/h2-3,8,10H,4-7,14H2,1H3. The molecule has 0 aliphatic carbocycles. The molecule has 2 N–H and O–H groups in total. The van der Waals surface area contributed by atoms with Gasteiger partial charge in [-0.25, -0.2) is 0 Å². The first-order chi connectivity index (χ1) is 7.70. The van der Waals surface area contributed by atoms with Crippen LogP contribution in [0.4, 0.5) is 11.4 Å². The molecule has 1 aromatic rings. The quantitative estimate of drug-likeness (QED) is 0.849. The van der Waals surface area contributed by atoms with Gasteiger partial charge in [0.2, 0.25) is 0 Å². The maximum atomic E-state index is 5.99. The van der Waals surface area contributed by atoms with Crippen molar-refractivity contribution in [2.75, 3.05) is 30.8 Å². The van der Waals surface area contributed by atoms with E-state index in [4.69, 9.17) is 10.5 Å². The fourth-order valence-corrected chi connectivity index (χ4v) is 2.47. The molecular weight excluding hydrogens is 268 g/mol. The summed E-state index contributed by atoms with van der Waals surface area (Å²) in [6.45, 7) is 2.03. The van der Waals surface area contributed by atoms with Crippen molar-refractivity contribution in [3.8, 4) is 0 Å². The summed E-state index contributed by atoms with van der Waals surface area (Å²) in [7, 11) is 1.79. The predicted octanol–water partition coefficient (Wildman–Crippen LogP) is 2.65. The Morgan fingerprint density at radius 2 is 2.06 bits per heavy atom. The first kappa shape index (κ1) is 11.7. The fraction of sp³-hybridized carbons (Fsp3) is 0.500. The summed E-state index contributed by atoms with van der Waals surface area (Å²) in [6.07, 6.45) is 2.55. The molecule has 0 saturated carbocycles. The van der Waals surface area contributed by atoms with Gasteiger partial charge in [-0.15, -0.1) is 0 Å². The lowest BCUT2D eigenvalue weighted by Crippen LogP contribution is -2.37. The predicted molar refractivity (Wildman–Crippen MR) is 70.8 cm³/mol. The Morgan fingerprint density at radius 3 is 2.69 bits per heavy atom. The second-order valence-corrected chi connectivity index (χ2v) is 5.04. The molecule has 0 bridgehead atoms. The summed E-state index contributed by atoms with van der Waals surface area (Å²) < 4.78 is 6.44. The molecule has 0 radical (unpaired) electrons. The smallest absolute Gasteiger partial charge is 0.0611 e. The molecule has 0 spiro atoms. The van der Waals surface area contributed by atoms with Crippen molar-refractivity contribution in [1.82, 2.24) is 0 Å². The maximum absolute atomic E-state index is 5.99. The highest BCUT2D eigenvalue weighted by atomic mass is 79.9. The molecule has 1 saturated heterocycles. The van der Waals surface area contributed by atoms with E-state index in [1.807, 2.05) is 12.1 Å². The van der Waals surface area contributed by atoms with E-state index < -0.39 is 0 Å². The molecule has 1 aliphatic rings. The van der Waals surface area contributed by atoms with E-state index in [9.17, 15) is 0 Å². The Morgan fingerprint density at radius 1 is 1.38 bits per heavy atom. The van der Waals surface area contributed by atoms with Gasteiger partial charge >= 0.3 is 0 Å². The zero-order valence-electron chi connectivity index (χ0n) is 9.45. The van der Waals surface area contributed by atoms with E-state index in [2.05, 4.69) is 26.9 Å². The van der Waals surface area contributed by atoms with E-state index in [-0.39, 0.29) is 0 Å². The number of piperidine rings is 1. The Bertz CT molecular complexity index is 362. The molecule has 0 unspecified atom stereocenters. The molecule has 16 heavy (non-hydrogen) atoms. The molecule has 0 amide bonds. The zero-order valence-corrected chi connectivity index (χ0v) is 11.0. The monoisotopic (exact) mass is 284 g/mol. The number of hydrogen-bond acceptors (Lipinski definition) is 3. The van der Waals surface area contributed by atoms with Gasteiger partial charge in [-0.1, -0.05) is 15.9 Å². The number of halogens is 1. The summed E-state index contributed by atoms with van der Waals surface area (Å²) in [5.74, 6) is 0. The lowest BCUT2D eigenvalue weighted by atomic mass is 10.1. The van der Waals surface area contributed by atoms with Crippen LogP contribution in [0.2, 0.25) is 0 Å². The topological polar surface area (TPSA) is 38.5 Å².